The molecule has 5 nitrogen and oxygen atoms in total. The topological polar surface area (TPSA) is 75.3 Å². The van der Waals surface area contributed by atoms with Crippen molar-refractivity contribution in [2.45, 2.75) is 25.2 Å². The molecule has 0 fully saturated rings. The van der Waals surface area contributed by atoms with Crippen molar-refractivity contribution < 1.29 is 30.8 Å². The molecular weight excluding hydrogens is 328 g/mol. The van der Waals surface area contributed by atoms with Crippen LogP contribution in [0.2, 0.25) is 0 Å². The first kappa shape index (κ1) is 18.4. The summed E-state index contributed by atoms with van der Waals surface area (Å²) in [6.07, 6.45) is -4.05. The van der Waals surface area contributed by atoms with Crippen LogP contribution in [0.3, 0.4) is 0 Å². The molecule has 2 atom stereocenters. The maximum absolute atomic E-state index is 13.0. The van der Waals surface area contributed by atoms with E-state index < -0.39 is 40.0 Å². The predicted octanol–water partition coefficient (Wildman–Crippen LogP) is 1.48. The highest BCUT2D eigenvalue weighted by atomic mass is 32.2. The number of amides is 1. The van der Waals surface area contributed by atoms with E-state index in [1.54, 1.807) is 5.32 Å². The Morgan fingerprint density at radius 3 is 2.09 bits per heavy atom. The molecule has 0 saturated carbocycles. The molecule has 124 valence electrons. The first-order valence-electron chi connectivity index (χ1n) is 6.00. The van der Waals surface area contributed by atoms with Gasteiger partial charge in [-0.05, 0) is 24.6 Å². The predicted molar refractivity (Wildman–Crippen MR) is 70.8 cm³/mol. The molecule has 10 heteroatoms. The zero-order chi connectivity index (χ0) is 17.1. The molecule has 2 N–H and O–H groups in total. The van der Waals surface area contributed by atoms with Gasteiger partial charge in [0.25, 0.3) is 0 Å². The lowest BCUT2D eigenvalue weighted by Crippen LogP contribution is -2.48. The third-order valence-corrected chi connectivity index (χ3v) is 3.38. The summed E-state index contributed by atoms with van der Waals surface area (Å²) in [6, 6.07) is -0.313. The number of carbonyl (C=O) groups excluding carboxylic acids is 1. The molecule has 1 aromatic carbocycles. The van der Waals surface area contributed by atoms with Crippen LogP contribution in [0.5, 0.6) is 0 Å². The van der Waals surface area contributed by atoms with Crippen LogP contribution in [-0.2, 0) is 14.8 Å². The standard InChI is InChI=1S/C12H14F4N2O3S/c1-7(18-22(2,20)21)11(19)17-10(12(14,15)16)8-3-5-9(13)6-4-8/h3-7,10,18H,1-2H3,(H,17,19)/t7-,10+/m1/s1. The van der Waals surface area contributed by atoms with Crippen molar-refractivity contribution in [3.8, 4) is 0 Å². The number of alkyl halides is 3. The average Bonchev–Trinajstić information content (AvgIpc) is 2.33. The molecule has 0 radical (unpaired) electrons. The fraction of sp³-hybridized carbons (Fsp3) is 0.417. The summed E-state index contributed by atoms with van der Waals surface area (Å²) in [7, 11) is -3.75. The molecule has 0 spiro atoms. The van der Waals surface area contributed by atoms with E-state index in [0.717, 1.165) is 37.4 Å². The third kappa shape index (κ3) is 5.60. The first-order chi connectivity index (χ1) is 9.90. The van der Waals surface area contributed by atoms with Crippen molar-refractivity contribution in [1.29, 1.82) is 0 Å². The van der Waals surface area contributed by atoms with Crippen LogP contribution in [0.4, 0.5) is 17.6 Å². The van der Waals surface area contributed by atoms with E-state index >= 15 is 0 Å². The van der Waals surface area contributed by atoms with E-state index in [1.807, 2.05) is 4.72 Å². The van der Waals surface area contributed by atoms with Crippen LogP contribution < -0.4 is 10.0 Å². The van der Waals surface area contributed by atoms with Gasteiger partial charge in [0.1, 0.15) is 5.82 Å². The summed E-state index contributed by atoms with van der Waals surface area (Å²) in [5.41, 5.74) is -0.367. The number of hydrogen-bond acceptors (Lipinski definition) is 3. The Morgan fingerprint density at radius 2 is 1.68 bits per heavy atom. The van der Waals surface area contributed by atoms with E-state index in [9.17, 15) is 30.8 Å². The van der Waals surface area contributed by atoms with Gasteiger partial charge in [-0.15, -0.1) is 0 Å². The highest BCUT2D eigenvalue weighted by Crippen LogP contribution is 2.32. The van der Waals surface area contributed by atoms with Crippen LogP contribution in [0, 0.1) is 5.82 Å². The zero-order valence-corrected chi connectivity index (χ0v) is 12.4. The van der Waals surface area contributed by atoms with E-state index in [4.69, 9.17) is 0 Å². The number of sulfonamides is 1. The molecule has 22 heavy (non-hydrogen) atoms. The number of nitrogens with one attached hydrogen (secondary N) is 2. The van der Waals surface area contributed by atoms with Gasteiger partial charge in [-0.1, -0.05) is 12.1 Å². The lowest BCUT2D eigenvalue weighted by molar-refractivity contribution is -0.163. The number of carbonyl (C=O) groups is 1. The van der Waals surface area contributed by atoms with Gasteiger partial charge in [-0.3, -0.25) is 4.79 Å². The molecule has 1 aromatic rings. The number of rotatable bonds is 5. The van der Waals surface area contributed by atoms with Gasteiger partial charge in [0.2, 0.25) is 15.9 Å². The number of halogens is 4. The zero-order valence-electron chi connectivity index (χ0n) is 11.6. The normalized spacial score (nSPS) is 15.2. The summed E-state index contributed by atoms with van der Waals surface area (Å²) in [6.45, 7) is 1.11. The Hall–Kier alpha value is -1.68. The number of benzene rings is 1. The number of hydrogen-bond donors (Lipinski definition) is 2. The summed E-state index contributed by atoms with van der Waals surface area (Å²) >= 11 is 0. The molecule has 0 aliphatic carbocycles. The molecule has 1 amide bonds. The maximum atomic E-state index is 13.0. The van der Waals surface area contributed by atoms with Gasteiger partial charge in [-0.25, -0.2) is 17.5 Å². The highest BCUT2D eigenvalue weighted by Gasteiger charge is 2.42. The summed E-state index contributed by atoms with van der Waals surface area (Å²) in [4.78, 5) is 11.7. The monoisotopic (exact) mass is 342 g/mol. The Kier molecular flexibility index (Phi) is 5.52. The van der Waals surface area contributed by atoms with Crippen molar-refractivity contribution >= 4 is 15.9 Å². The Labute approximate surface area is 124 Å². The van der Waals surface area contributed by atoms with E-state index in [1.165, 1.54) is 0 Å². The van der Waals surface area contributed by atoms with Gasteiger partial charge in [0.15, 0.2) is 6.04 Å². The van der Waals surface area contributed by atoms with Crippen LogP contribution in [0.15, 0.2) is 24.3 Å². The smallest absolute Gasteiger partial charge is 0.339 e. The van der Waals surface area contributed by atoms with Crippen LogP contribution in [0.25, 0.3) is 0 Å². The van der Waals surface area contributed by atoms with Crippen LogP contribution >= 0.6 is 0 Å². The average molecular weight is 342 g/mol. The minimum Gasteiger partial charge on any atom is -0.339 e. The molecule has 0 heterocycles. The Morgan fingerprint density at radius 1 is 1.18 bits per heavy atom. The van der Waals surface area contributed by atoms with Crippen molar-refractivity contribution in [2.75, 3.05) is 6.26 Å². The second kappa shape index (κ2) is 6.61. The first-order valence-corrected chi connectivity index (χ1v) is 7.89. The van der Waals surface area contributed by atoms with Crippen LogP contribution in [-0.4, -0.2) is 32.8 Å². The Balaban J connectivity index is 2.96. The van der Waals surface area contributed by atoms with E-state index in [0.29, 0.717) is 0 Å². The molecular formula is C12H14F4N2O3S. The highest BCUT2D eigenvalue weighted by molar-refractivity contribution is 7.88. The van der Waals surface area contributed by atoms with Gasteiger partial charge in [0, 0.05) is 0 Å². The molecule has 0 aliphatic heterocycles. The van der Waals surface area contributed by atoms with E-state index in [2.05, 4.69) is 0 Å². The second-order valence-corrected chi connectivity index (χ2v) is 6.43. The minimum atomic E-state index is -4.82. The van der Waals surface area contributed by atoms with Crippen molar-refractivity contribution in [3.05, 3.63) is 35.6 Å². The summed E-state index contributed by atoms with van der Waals surface area (Å²) in [5.74, 6) is -1.87. The molecule has 0 unspecified atom stereocenters. The van der Waals surface area contributed by atoms with E-state index in [-0.39, 0.29) is 5.56 Å². The Bertz CT molecular complexity index is 629. The molecule has 0 saturated heterocycles. The lowest BCUT2D eigenvalue weighted by Gasteiger charge is -2.24. The van der Waals surface area contributed by atoms with Gasteiger partial charge in [-0.2, -0.15) is 13.2 Å². The van der Waals surface area contributed by atoms with Gasteiger partial charge in [0.05, 0.1) is 12.3 Å². The largest absolute Gasteiger partial charge is 0.412 e. The molecule has 1 rings (SSSR count). The molecule has 0 bridgehead atoms. The minimum absolute atomic E-state index is 0.367. The quantitative estimate of drug-likeness (QED) is 0.796. The fourth-order valence-electron chi connectivity index (χ4n) is 1.65. The van der Waals surface area contributed by atoms with Gasteiger partial charge < -0.3 is 5.32 Å². The van der Waals surface area contributed by atoms with Crippen molar-refractivity contribution in [3.63, 3.8) is 0 Å². The van der Waals surface area contributed by atoms with Crippen molar-refractivity contribution in [1.82, 2.24) is 10.0 Å². The van der Waals surface area contributed by atoms with Crippen molar-refractivity contribution in [2.24, 2.45) is 0 Å². The van der Waals surface area contributed by atoms with Crippen LogP contribution in [0.1, 0.15) is 18.5 Å². The summed E-state index contributed by atoms with van der Waals surface area (Å²) < 4.78 is 75.7. The maximum Gasteiger partial charge on any atom is 0.412 e. The van der Waals surface area contributed by atoms with Gasteiger partial charge >= 0.3 is 6.18 Å². The second-order valence-electron chi connectivity index (χ2n) is 4.65. The fourth-order valence-corrected chi connectivity index (χ4v) is 2.40. The molecule has 0 aromatic heterocycles. The SMILES string of the molecule is C[C@@H](NS(C)(=O)=O)C(=O)N[C@@H](c1ccc(F)cc1)C(F)(F)F. The third-order valence-electron chi connectivity index (χ3n) is 2.60. The summed E-state index contributed by atoms with van der Waals surface area (Å²) in [5, 5.41) is 1.70. The lowest BCUT2D eigenvalue weighted by atomic mass is 10.1. The molecule has 0 aliphatic rings.